The number of hydrogen-bond donors (Lipinski definition) is 2. The Bertz CT molecular complexity index is 673. The summed E-state index contributed by atoms with van der Waals surface area (Å²) in [5.41, 5.74) is 1.84. The van der Waals surface area contributed by atoms with E-state index in [1.165, 1.54) is 7.11 Å². The Morgan fingerprint density at radius 3 is 2.20 bits per heavy atom. The van der Waals surface area contributed by atoms with Crippen LogP contribution in [0.25, 0.3) is 0 Å². The average molecular weight is 341 g/mol. The van der Waals surface area contributed by atoms with Gasteiger partial charge >= 0.3 is 5.97 Å². The summed E-state index contributed by atoms with van der Waals surface area (Å²) in [5, 5.41) is 12.0. The van der Waals surface area contributed by atoms with Crippen LogP contribution in [0.4, 0.5) is 0 Å². The van der Waals surface area contributed by atoms with Crippen molar-refractivity contribution in [2.24, 2.45) is 0 Å². The fraction of sp³-hybridized carbons (Fsp3) is 0.300. The third kappa shape index (κ3) is 5.72. The Balaban J connectivity index is 1.93. The molecule has 2 rings (SSSR count). The molecule has 5 heteroatoms. The van der Waals surface area contributed by atoms with E-state index in [0.717, 1.165) is 12.0 Å². The molecule has 2 aromatic rings. The number of methoxy groups -OCH3 is 1. The number of benzene rings is 2. The van der Waals surface area contributed by atoms with E-state index < -0.39 is 24.0 Å². The highest BCUT2D eigenvalue weighted by Crippen LogP contribution is 2.17. The number of amides is 1. The SMILES string of the molecule is CO[C@@H](C(=O)N[C@H](CCCc1ccccc1)C(=O)O)c1ccccc1. The number of rotatable bonds is 9. The Labute approximate surface area is 147 Å². The van der Waals surface area contributed by atoms with Crippen LogP contribution >= 0.6 is 0 Å². The number of aryl methyl sites for hydroxylation is 1. The lowest BCUT2D eigenvalue weighted by Crippen LogP contribution is -2.43. The topological polar surface area (TPSA) is 75.6 Å². The highest BCUT2D eigenvalue weighted by molar-refractivity contribution is 5.87. The number of ether oxygens (including phenoxy) is 1. The molecule has 0 fully saturated rings. The van der Waals surface area contributed by atoms with E-state index in [-0.39, 0.29) is 0 Å². The van der Waals surface area contributed by atoms with Crippen LogP contribution in [0.2, 0.25) is 0 Å². The second-order valence-corrected chi connectivity index (χ2v) is 5.80. The molecule has 132 valence electrons. The highest BCUT2D eigenvalue weighted by Gasteiger charge is 2.26. The number of hydrogen-bond acceptors (Lipinski definition) is 3. The molecule has 5 nitrogen and oxygen atoms in total. The molecule has 0 bridgehead atoms. The van der Waals surface area contributed by atoms with Gasteiger partial charge in [0, 0.05) is 7.11 Å². The average Bonchev–Trinajstić information content (AvgIpc) is 2.63. The number of carbonyl (C=O) groups excluding carboxylic acids is 1. The molecule has 25 heavy (non-hydrogen) atoms. The molecule has 0 heterocycles. The first kappa shape index (κ1) is 18.7. The van der Waals surface area contributed by atoms with Gasteiger partial charge in [0.2, 0.25) is 0 Å². The zero-order valence-electron chi connectivity index (χ0n) is 14.2. The van der Waals surface area contributed by atoms with Crippen molar-refractivity contribution in [3.63, 3.8) is 0 Å². The molecule has 0 aliphatic rings. The van der Waals surface area contributed by atoms with Crippen molar-refractivity contribution in [3.8, 4) is 0 Å². The summed E-state index contributed by atoms with van der Waals surface area (Å²) in [6.07, 6.45) is 0.982. The van der Waals surface area contributed by atoms with Crippen molar-refractivity contribution in [3.05, 3.63) is 71.8 Å². The van der Waals surface area contributed by atoms with Gasteiger partial charge in [-0.05, 0) is 30.4 Å². The maximum absolute atomic E-state index is 12.4. The van der Waals surface area contributed by atoms with Gasteiger partial charge in [-0.2, -0.15) is 0 Å². The maximum Gasteiger partial charge on any atom is 0.326 e. The van der Waals surface area contributed by atoms with E-state index in [1.54, 1.807) is 12.1 Å². The summed E-state index contributed by atoms with van der Waals surface area (Å²) < 4.78 is 5.25. The van der Waals surface area contributed by atoms with E-state index in [9.17, 15) is 14.7 Å². The Kier molecular flexibility index (Phi) is 7.16. The summed E-state index contributed by atoms with van der Waals surface area (Å²) in [6.45, 7) is 0. The standard InChI is InChI=1S/C20H23NO4/c1-25-18(16-12-6-3-7-13-16)19(22)21-17(20(23)24)14-8-11-15-9-4-2-5-10-15/h2-7,9-10,12-13,17-18H,8,11,14H2,1H3,(H,21,22)(H,23,24)/t17-,18-/m1/s1. The Morgan fingerprint density at radius 1 is 1.04 bits per heavy atom. The molecular weight excluding hydrogens is 318 g/mol. The van der Waals surface area contributed by atoms with Gasteiger partial charge in [-0.25, -0.2) is 4.79 Å². The number of nitrogens with one attached hydrogen (secondary N) is 1. The first-order valence-corrected chi connectivity index (χ1v) is 8.26. The molecule has 0 aliphatic carbocycles. The second kappa shape index (κ2) is 9.59. The normalized spacial score (nSPS) is 13.0. The fourth-order valence-electron chi connectivity index (χ4n) is 2.68. The van der Waals surface area contributed by atoms with Crippen LogP contribution in [0.5, 0.6) is 0 Å². The van der Waals surface area contributed by atoms with Crippen LogP contribution in [-0.2, 0) is 20.7 Å². The first-order chi connectivity index (χ1) is 12.1. The van der Waals surface area contributed by atoms with Crippen LogP contribution in [-0.4, -0.2) is 30.1 Å². The van der Waals surface area contributed by atoms with Gasteiger partial charge in [-0.15, -0.1) is 0 Å². The molecule has 2 atom stereocenters. The van der Waals surface area contributed by atoms with Crippen molar-refractivity contribution in [2.75, 3.05) is 7.11 Å². The zero-order chi connectivity index (χ0) is 18.1. The number of carboxylic acids is 1. The zero-order valence-corrected chi connectivity index (χ0v) is 14.2. The summed E-state index contributed by atoms with van der Waals surface area (Å²) in [7, 11) is 1.43. The molecular formula is C20H23NO4. The van der Waals surface area contributed by atoms with Crippen molar-refractivity contribution in [2.45, 2.75) is 31.4 Å². The fourth-order valence-corrected chi connectivity index (χ4v) is 2.68. The minimum atomic E-state index is -1.04. The maximum atomic E-state index is 12.4. The van der Waals surface area contributed by atoms with Crippen LogP contribution in [0, 0.1) is 0 Å². The molecule has 0 aromatic heterocycles. The lowest BCUT2D eigenvalue weighted by molar-refractivity contribution is -0.144. The van der Waals surface area contributed by atoms with Crippen LogP contribution in [0.3, 0.4) is 0 Å². The summed E-state index contributed by atoms with van der Waals surface area (Å²) >= 11 is 0. The summed E-state index contributed by atoms with van der Waals surface area (Å²) in [6, 6.07) is 17.9. The van der Waals surface area contributed by atoms with E-state index in [1.807, 2.05) is 48.5 Å². The van der Waals surface area contributed by atoms with E-state index >= 15 is 0 Å². The van der Waals surface area contributed by atoms with Gasteiger partial charge < -0.3 is 15.2 Å². The lowest BCUT2D eigenvalue weighted by Gasteiger charge is -2.19. The minimum Gasteiger partial charge on any atom is -0.480 e. The van der Waals surface area contributed by atoms with E-state index in [0.29, 0.717) is 18.4 Å². The third-order valence-electron chi connectivity index (χ3n) is 3.99. The van der Waals surface area contributed by atoms with Gasteiger partial charge in [-0.1, -0.05) is 60.7 Å². The molecule has 0 unspecified atom stereocenters. The van der Waals surface area contributed by atoms with Crippen LogP contribution < -0.4 is 5.32 Å². The lowest BCUT2D eigenvalue weighted by atomic mass is 10.0. The van der Waals surface area contributed by atoms with Crippen LogP contribution in [0.1, 0.15) is 30.1 Å². The number of carboxylic acid groups (broad SMARTS) is 1. The molecule has 0 saturated carbocycles. The second-order valence-electron chi connectivity index (χ2n) is 5.80. The van der Waals surface area contributed by atoms with Crippen LogP contribution in [0.15, 0.2) is 60.7 Å². The molecule has 0 spiro atoms. The summed E-state index contributed by atoms with van der Waals surface area (Å²) in [5.74, 6) is -1.48. The summed E-state index contributed by atoms with van der Waals surface area (Å²) in [4.78, 5) is 23.9. The van der Waals surface area contributed by atoms with Crippen molar-refractivity contribution in [1.82, 2.24) is 5.32 Å². The van der Waals surface area contributed by atoms with Gasteiger partial charge in [0.15, 0.2) is 6.10 Å². The van der Waals surface area contributed by atoms with Crippen molar-refractivity contribution >= 4 is 11.9 Å². The predicted octanol–water partition coefficient (Wildman–Crippen LogP) is 2.97. The molecule has 2 N–H and O–H groups in total. The molecule has 0 saturated heterocycles. The molecule has 0 aliphatic heterocycles. The smallest absolute Gasteiger partial charge is 0.326 e. The molecule has 1 amide bonds. The quantitative estimate of drug-likeness (QED) is 0.735. The highest BCUT2D eigenvalue weighted by atomic mass is 16.5. The molecule has 2 aromatic carbocycles. The van der Waals surface area contributed by atoms with E-state index in [4.69, 9.17) is 4.74 Å². The van der Waals surface area contributed by atoms with Crippen molar-refractivity contribution < 1.29 is 19.4 Å². The number of carbonyl (C=O) groups is 2. The third-order valence-corrected chi connectivity index (χ3v) is 3.99. The predicted molar refractivity (Wildman–Crippen MR) is 95.1 cm³/mol. The Hall–Kier alpha value is -2.66. The monoisotopic (exact) mass is 341 g/mol. The van der Waals surface area contributed by atoms with Gasteiger partial charge in [-0.3, -0.25) is 4.79 Å². The minimum absolute atomic E-state index is 0.362. The number of aliphatic carboxylic acids is 1. The van der Waals surface area contributed by atoms with Gasteiger partial charge in [0.05, 0.1) is 0 Å². The Morgan fingerprint density at radius 2 is 1.64 bits per heavy atom. The van der Waals surface area contributed by atoms with Crippen molar-refractivity contribution in [1.29, 1.82) is 0 Å². The van der Waals surface area contributed by atoms with Gasteiger partial charge in [0.1, 0.15) is 6.04 Å². The molecule has 0 radical (unpaired) electrons. The largest absolute Gasteiger partial charge is 0.480 e. The van der Waals surface area contributed by atoms with E-state index in [2.05, 4.69) is 5.32 Å². The first-order valence-electron chi connectivity index (χ1n) is 8.26. The van der Waals surface area contributed by atoms with Gasteiger partial charge in [0.25, 0.3) is 5.91 Å².